The van der Waals surface area contributed by atoms with Crippen LogP contribution in [0.4, 0.5) is 0 Å². The molecule has 0 spiro atoms. The summed E-state index contributed by atoms with van der Waals surface area (Å²) in [6.45, 7) is 3.48. The van der Waals surface area contributed by atoms with Gasteiger partial charge in [-0.1, -0.05) is 45.7 Å². The molecule has 2 aromatic heterocycles. The van der Waals surface area contributed by atoms with Crippen LogP contribution in [0.5, 0.6) is 0 Å². The van der Waals surface area contributed by atoms with Crippen LogP contribution in [0.25, 0.3) is 43.9 Å². The Balaban J connectivity index is 0.000000186. The molecule has 230 valence electrons. The Morgan fingerprint density at radius 2 is 1.20 bits per heavy atom. The van der Waals surface area contributed by atoms with Gasteiger partial charge in [0.2, 0.25) is 10.0 Å². The van der Waals surface area contributed by atoms with Crippen LogP contribution in [-0.4, -0.2) is 36.0 Å². The van der Waals surface area contributed by atoms with E-state index in [4.69, 9.17) is 19.5 Å². The van der Waals surface area contributed by atoms with Gasteiger partial charge in [-0.2, -0.15) is 4.72 Å². The number of rotatable bonds is 6. The first-order valence-electron chi connectivity index (χ1n) is 13.0. The molecule has 4 aromatic carbocycles. The fourth-order valence-electron chi connectivity index (χ4n) is 4.60. The molecule has 44 heavy (non-hydrogen) atoms. The summed E-state index contributed by atoms with van der Waals surface area (Å²) in [5.74, 6) is -0.886. The molecule has 0 amide bonds. The van der Waals surface area contributed by atoms with Gasteiger partial charge >= 0.3 is 5.97 Å². The topological polar surface area (TPSA) is 133 Å². The first-order chi connectivity index (χ1) is 20.7. The lowest BCUT2D eigenvalue weighted by molar-refractivity contribution is -0.143. The third kappa shape index (κ3) is 6.68. The average Bonchev–Trinajstić information content (AvgIpc) is 3.52. The number of halogens is 3. The molecule has 0 aliphatic carbocycles. The average molecular weight is 786 g/mol. The lowest BCUT2D eigenvalue weighted by Gasteiger charge is -2.19. The summed E-state index contributed by atoms with van der Waals surface area (Å²) < 4.78 is 68.3. The molecule has 0 saturated carbocycles. The lowest BCUT2D eigenvalue weighted by atomic mass is 10.1. The number of benzene rings is 4. The molecule has 0 radical (unpaired) electrons. The molecule has 0 bridgehead atoms. The standard InChI is InChI=1S/C18H18BrNO5S.C12H6BrClO3S/c1-10(2)17(18(21)24-3)20-26(22,23)12-5-6-13-14-8-11(19)4-7-15(14)25-16(13)9-12;13-7-1-4-11-10(5-7)9-3-2-8(18(14,15)16)6-12(9)17-11/h4-10,17,20H,1-3H3;1-6H/t17-;/m0./s1. The van der Waals surface area contributed by atoms with E-state index in [2.05, 4.69) is 41.3 Å². The van der Waals surface area contributed by atoms with Gasteiger partial charge in [-0.15, -0.1) is 0 Å². The van der Waals surface area contributed by atoms with Crippen LogP contribution in [0.15, 0.2) is 100 Å². The number of hydrogen-bond acceptors (Lipinski definition) is 8. The third-order valence-corrected chi connectivity index (χ3v) is 10.6. The Bertz CT molecular complexity index is 2280. The minimum atomic E-state index is -3.92. The van der Waals surface area contributed by atoms with E-state index in [-0.39, 0.29) is 15.7 Å². The molecular weight excluding hydrogens is 762 g/mol. The van der Waals surface area contributed by atoms with Crippen molar-refractivity contribution in [1.82, 2.24) is 4.72 Å². The highest BCUT2D eigenvalue weighted by Gasteiger charge is 2.29. The zero-order chi connectivity index (χ0) is 32.0. The normalized spacial score (nSPS) is 13.0. The molecule has 0 aliphatic rings. The number of carbonyl (C=O) groups excluding carboxylic acids is 1. The van der Waals surface area contributed by atoms with Crippen LogP contribution in [0.2, 0.25) is 0 Å². The summed E-state index contributed by atoms with van der Waals surface area (Å²) in [6.07, 6.45) is 0. The van der Waals surface area contributed by atoms with Gasteiger partial charge in [0.15, 0.2) is 0 Å². The molecule has 2 heterocycles. The highest BCUT2D eigenvalue weighted by molar-refractivity contribution is 9.10. The summed E-state index contributed by atoms with van der Waals surface area (Å²) in [5, 5.41) is 3.49. The van der Waals surface area contributed by atoms with Crippen molar-refractivity contribution >= 4 is 111 Å². The highest BCUT2D eigenvalue weighted by atomic mass is 79.9. The van der Waals surface area contributed by atoms with Crippen molar-refractivity contribution in [3.05, 3.63) is 81.7 Å². The van der Waals surface area contributed by atoms with Gasteiger partial charge in [0.1, 0.15) is 28.4 Å². The number of nitrogens with one attached hydrogen (secondary N) is 1. The van der Waals surface area contributed by atoms with Crippen molar-refractivity contribution in [1.29, 1.82) is 0 Å². The van der Waals surface area contributed by atoms with Gasteiger partial charge in [-0.3, -0.25) is 4.79 Å². The van der Waals surface area contributed by atoms with E-state index in [0.29, 0.717) is 22.3 Å². The number of carbonyl (C=O) groups is 1. The quantitative estimate of drug-likeness (QED) is 0.132. The molecule has 0 fully saturated rings. The highest BCUT2D eigenvalue weighted by Crippen LogP contribution is 2.34. The smallest absolute Gasteiger partial charge is 0.324 e. The molecule has 0 saturated heterocycles. The number of sulfonamides is 1. The largest absolute Gasteiger partial charge is 0.468 e. The monoisotopic (exact) mass is 783 g/mol. The van der Waals surface area contributed by atoms with Gasteiger partial charge in [0.05, 0.1) is 16.9 Å². The van der Waals surface area contributed by atoms with Crippen molar-refractivity contribution in [2.24, 2.45) is 5.92 Å². The summed E-state index contributed by atoms with van der Waals surface area (Å²) in [5.41, 5.74) is 2.34. The molecule has 9 nitrogen and oxygen atoms in total. The number of esters is 1. The van der Waals surface area contributed by atoms with E-state index in [1.807, 2.05) is 36.4 Å². The van der Waals surface area contributed by atoms with Crippen molar-refractivity contribution in [2.75, 3.05) is 7.11 Å². The summed E-state index contributed by atoms with van der Waals surface area (Å²) in [7, 11) is -1.12. The molecule has 6 aromatic rings. The maximum atomic E-state index is 12.7. The van der Waals surface area contributed by atoms with Gasteiger partial charge in [0, 0.05) is 53.3 Å². The van der Waals surface area contributed by atoms with Crippen LogP contribution in [0.3, 0.4) is 0 Å². The Morgan fingerprint density at radius 1 is 0.727 bits per heavy atom. The summed E-state index contributed by atoms with van der Waals surface area (Å²) in [6, 6.07) is 19.5. The molecule has 1 atom stereocenters. The second-order valence-corrected chi connectivity index (χ2v) is 16.2. The second-order valence-electron chi connectivity index (χ2n) is 10.1. The summed E-state index contributed by atoms with van der Waals surface area (Å²) in [4.78, 5) is 11.9. The minimum Gasteiger partial charge on any atom is -0.468 e. The number of methoxy groups -OCH3 is 1. The molecular formula is C30H24Br2ClNO8S2. The van der Waals surface area contributed by atoms with Crippen molar-refractivity contribution in [2.45, 2.75) is 29.7 Å². The Hall–Kier alpha value is -2.94. The maximum absolute atomic E-state index is 12.7. The lowest BCUT2D eigenvalue weighted by Crippen LogP contribution is -2.44. The number of fused-ring (bicyclic) bond motifs is 6. The fraction of sp³-hybridized carbons (Fsp3) is 0.167. The van der Waals surface area contributed by atoms with Crippen molar-refractivity contribution in [3.63, 3.8) is 0 Å². The van der Waals surface area contributed by atoms with Crippen LogP contribution < -0.4 is 4.72 Å². The number of hydrogen-bond donors (Lipinski definition) is 1. The number of furan rings is 2. The molecule has 0 aliphatic heterocycles. The number of ether oxygens (including phenoxy) is 1. The fourth-order valence-corrected chi connectivity index (χ4v) is 7.43. The van der Waals surface area contributed by atoms with E-state index in [0.717, 1.165) is 30.5 Å². The van der Waals surface area contributed by atoms with E-state index >= 15 is 0 Å². The van der Waals surface area contributed by atoms with Crippen LogP contribution in [-0.2, 0) is 28.6 Å². The Kier molecular flexibility index (Phi) is 9.18. The Morgan fingerprint density at radius 3 is 1.66 bits per heavy atom. The van der Waals surface area contributed by atoms with Crippen LogP contribution in [0.1, 0.15) is 13.8 Å². The van der Waals surface area contributed by atoms with Gasteiger partial charge in [0.25, 0.3) is 9.05 Å². The predicted molar refractivity (Wildman–Crippen MR) is 177 cm³/mol. The van der Waals surface area contributed by atoms with Crippen LogP contribution in [0, 0.1) is 5.92 Å². The van der Waals surface area contributed by atoms with E-state index in [1.54, 1.807) is 26.0 Å². The SMILES string of the molecule is COC(=O)[C@@H](NS(=O)(=O)c1ccc2c(c1)oc1ccc(Br)cc12)C(C)C.O=S(=O)(Cl)c1ccc2c(c1)oc1ccc(Br)cc12. The zero-order valence-corrected chi connectivity index (χ0v) is 28.9. The first-order valence-corrected chi connectivity index (χ1v) is 18.3. The summed E-state index contributed by atoms with van der Waals surface area (Å²) >= 11 is 6.81. The molecule has 6 rings (SSSR count). The molecule has 14 heteroatoms. The second kappa shape index (κ2) is 12.5. The minimum absolute atomic E-state index is 0.0256. The van der Waals surface area contributed by atoms with Gasteiger partial charge in [-0.05, 0) is 66.6 Å². The van der Waals surface area contributed by atoms with E-state index in [9.17, 15) is 21.6 Å². The first kappa shape index (κ1) is 32.5. The maximum Gasteiger partial charge on any atom is 0.324 e. The van der Waals surface area contributed by atoms with Gasteiger partial charge in [-0.25, -0.2) is 16.8 Å². The van der Waals surface area contributed by atoms with Crippen LogP contribution >= 0.6 is 42.5 Å². The third-order valence-electron chi connectivity index (χ3n) is 6.81. The Labute approximate surface area is 274 Å². The molecule has 0 unspecified atom stereocenters. The van der Waals surface area contributed by atoms with E-state index < -0.39 is 31.1 Å². The molecule has 1 N–H and O–H groups in total. The van der Waals surface area contributed by atoms with Crippen molar-refractivity contribution < 1.29 is 35.2 Å². The van der Waals surface area contributed by atoms with Gasteiger partial charge < -0.3 is 13.6 Å². The van der Waals surface area contributed by atoms with Crippen molar-refractivity contribution in [3.8, 4) is 0 Å². The predicted octanol–water partition coefficient (Wildman–Crippen LogP) is 8.10. The van der Waals surface area contributed by atoms with E-state index in [1.165, 1.54) is 31.4 Å². The zero-order valence-electron chi connectivity index (χ0n) is 23.3.